The summed E-state index contributed by atoms with van der Waals surface area (Å²) in [5.41, 5.74) is -0.309. The van der Waals surface area contributed by atoms with Crippen LogP contribution in [-0.2, 0) is 11.3 Å². The van der Waals surface area contributed by atoms with Gasteiger partial charge in [0.2, 0.25) is 5.78 Å². The highest BCUT2D eigenvalue weighted by Gasteiger charge is 2.43. The Hall–Kier alpha value is -2.64. The van der Waals surface area contributed by atoms with Gasteiger partial charge in [-0.05, 0) is 27.2 Å². The average molecular weight is 317 g/mol. The van der Waals surface area contributed by atoms with Gasteiger partial charge in [0.05, 0.1) is 0 Å². The van der Waals surface area contributed by atoms with E-state index in [4.69, 9.17) is 0 Å². The zero-order valence-electron chi connectivity index (χ0n) is 13.4. The van der Waals surface area contributed by atoms with E-state index in [1.807, 2.05) is 28.3 Å². The van der Waals surface area contributed by atoms with Crippen molar-refractivity contribution in [2.45, 2.75) is 39.3 Å². The second-order valence-electron chi connectivity index (χ2n) is 6.26. The van der Waals surface area contributed by atoms with E-state index in [0.717, 1.165) is 5.69 Å². The van der Waals surface area contributed by atoms with Gasteiger partial charge in [-0.15, -0.1) is 0 Å². The minimum Gasteiger partial charge on any atom is -0.324 e. The lowest BCUT2D eigenvalue weighted by Crippen LogP contribution is -2.40. The number of nitrogens with zero attached hydrogens (tertiary/aromatic N) is 4. The molecule has 8 nitrogen and oxygen atoms in total. The quantitative estimate of drug-likeness (QED) is 0.833. The molecule has 8 heteroatoms. The Balaban J connectivity index is 1.72. The number of aromatic nitrogens is 3. The number of carbonyl (C=O) groups is 2. The molecule has 0 saturated carbocycles. The summed E-state index contributed by atoms with van der Waals surface area (Å²) in [4.78, 5) is 40.7. The van der Waals surface area contributed by atoms with Crippen LogP contribution in [0.25, 0.3) is 5.78 Å². The van der Waals surface area contributed by atoms with Gasteiger partial charge in [-0.1, -0.05) is 0 Å². The lowest BCUT2D eigenvalue weighted by atomic mass is 10.1. The first-order valence-electron chi connectivity index (χ1n) is 7.49. The summed E-state index contributed by atoms with van der Waals surface area (Å²) >= 11 is 0. The van der Waals surface area contributed by atoms with E-state index in [1.165, 1.54) is 11.0 Å². The molecule has 3 amide bonds. The number of imidazole rings is 1. The van der Waals surface area contributed by atoms with Crippen LogP contribution in [0.1, 0.15) is 26.0 Å². The summed E-state index contributed by atoms with van der Waals surface area (Å²) in [6.07, 6.45) is 4.27. The van der Waals surface area contributed by atoms with E-state index in [-0.39, 0.29) is 17.5 Å². The number of carbonyl (C=O) groups excluding carboxylic acids is 2. The second-order valence-corrected chi connectivity index (χ2v) is 6.26. The number of amides is 3. The van der Waals surface area contributed by atoms with Crippen LogP contribution in [0, 0.1) is 6.92 Å². The van der Waals surface area contributed by atoms with E-state index < -0.39 is 5.54 Å². The van der Waals surface area contributed by atoms with Crippen molar-refractivity contribution in [2.75, 3.05) is 6.54 Å². The molecular weight excluding hydrogens is 298 g/mol. The van der Waals surface area contributed by atoms with Gasteiger partial charge in [-0.2, -0.15) is 4.98 Å². The molecule has 1 fully saturated rings. The van der Waals surface area contributed by atoms with Crippen LogP contribution >= 0.6 is 0 Å². The fourth-order valence-electron chi connectivity index (χ4n) is 2.79. The molecule has 122 valence electrons. The van der Waals surface area contributed by atoms with Gasteiger partial charge in [-0.3, -0.25) is 18.9 Å². The number of rotatable bonds is 4. The molecular formula is C15H19N5O3. The van der Waals surface area contributed by atoms with E-state index in [9.17, 15) is 14.4 Å². The van der Waals surface area contributed by atoms with Crippen LogP contribution in [0.15, 0.2) is 23.3 Å². The zero-order valence-corrected chi connectivity index (χ0v) is 13.4. The second kappa shape index (κ2) is 5.22. The van der Waals surface area contributed by atoms with Crippen molar-refractivity contribution in [1.82, 2.24) is 24.2 Å². The van der Waals surface area contributed by atoms with Crippen LogP contribution in [-0.4, -0.2) is 42.9 Å². The molecule has 0 radical (unpaired) electrons. The Morgan fingerprint density at radius 2 is 1.91 bits per heavy atom. The number of hydrogen-bond acceptors (Lipinski definition) is 4. The van der Waals surface area contributed by atoms with Crippen LogP contribution in [0.5, 0.6) is 0 Å². The molecule has 3 rings (SSSR count). The van der Waals surface area contributed by atoms with Gasteiger partial charge in [0.25, 0.3) is 11.5 Å². The monoisotopic (exact) mass is 317 g/mol. The molecule has 2 aromatic heterocycles. The van der Waals surface area contributed by atoms with E-state index in [2.05, 4.69) is 10.3 Å². The molecule has 1 aliphatic heterocycles. The van der Waals surface area contributed by atoms with Gasteiger partial charge < -0.3 is 9.88 Å². The largest absolute Gasteiger partial charge is 0.325 e. The van der Waals surface area contributed by atoms with Crippen LogP contribution in [0.4, 0.5) is 4.79 Å². The predicted octanol–water partition coefficient (Wildman–Crippen LogP) is 0.525. The Labute approximate surface area is 132 Å². The van der Waals surface area contributed by atoms with Gasteiger partial charge in [0, 0.05) is 37.2 Å². The van der Waals surface area contributed by atoms with Crippen molar-refractivity contribution in [3.63, 3.8) is 0 Å². The number of urea groups is 1. The molecule has 1 aliphatic rings. The van der Waals surface area contributed by atoms with Crippen molar-refractivity contribution in [3.05, 3.63) is 34.5 Å². The predicted molar refractivity (Wildman–Crippen MR) is 83.1 cm³/mol. The minimum absolute atomic E-state index is 0.218. The van der Waals surface area contributed by atoms with Crippen molar-refractivity contribution in [2.24, 2.45) is 0 Å². The summed E-state index contributed by atoms with van der Waals surface area (Å²) in [7, 11) is 0. The van der Waals surface area contributed by atoms with Crippen LogP contribution < -0.4 is 10.9 Å². The Bertz CT molecular complexity index is 848. The number of hydrogen-bond donors (Lipinski definition) is 1. The molecule has 2 aromatic rings. The smallest absolute Gasteiger partial charge is 0.324 e. The maximum atomic E-state index is 12.1. The lowest BCUT2D eigenvalue weighted by Gasteiger charge is -2.16. The van der Waals surface area contributed by atoms with E-state index in [0.29, 0.717) is 25.3 Å². The first-order chi connectivity index (χ1) is 10.8. The highest BCUT2D eigenvalue weighted by molar-refractivity contribution is 6.06. The highest BCUT2D eigenvalue weighted by Crippen LogP contribution is 2.17. The number of aryl methyl sites for hydroxylation is 2. The van der Waals surface area contributed by atoms with Crippen LogP contribution in [0.3, 0.4) is 0 Å². The number of nitrogens with one attached hydrogen (secondary N) is 1. The third kappa shape index (κ3) is 2.60. The molecule has 0 spiro atoms. The van der Waals surface area contributed by atoms with Gasteiger partial charge in [0.1, 0.15) is 5.54 Å². The molecule has 1 N–H and O–H groups in total. The molecule has 0 aromatic carbocycles. The zero-order chi connectivity index (χ0) is 16.8. The molecule has 3 heterocycles. The number of imide groups is 1. The fourth-order valence-corrected chi connectivity index (χ4v) is 2.79. The minimum atomic E-state index is -0.844. The normalized spacial score (nSPS) is 17.1. The van der Waals surface area contributed by atoms with E-state index >= 15 is 0 Å². The van der Waals surface area contributed by atoms with Gasteiger partial charge in [-0.25, -0.2) is 4.79 Å². The lowest BCUT2D eigenvalue weighted by molar-refractivity contribution is -0.130. The summed E-state index contributed by atoms with van der Waals surface area (Å²) in [6, 6.07) is 1.12. The average Bonchev–Trinajstić information content (AvgIpc) is 2.93. The Morgan fingerprint density at radius 1 is 1.17 bits per heavy atom. The summed E-state index contributed by atoms with van der Waals surface area (Å²) in [6.45, 7) is 6.10. The van der Waals surface area contributed by atoms with Crippen molar-refractivity contribution < 1.29 is 9.59 Å². The Kier molecular flexibility index (Phi) is 3.46. The van der Waals surface area contributed by atoms with Gasteiger partial charge >= 0.3 is 6.03 Å². The highest BCUT2D eigenvalue weighted by atomic mass is 16.2. The molecule has 0 unspecified atom stereocenters. The molecule has 0 atom stereocenters. The van der Waals surface area contributed by atoms with E-state index in [1.54, 1.807) is 13.8 Å². The topological polar surface area (TPSA) is 88.7 Å². The first-order valence-corrected chi connectivity index (χ1v) is 7.49. The first kappa shape index (κ1) is 15.3. The summed E-state index contributed by atoms with van der Waals surface area (Å²) in [5, 5.41) is 2.65. The SMILES string of the molecule is Cc1cc(=O)nc2n(CCCN3C(=O)NC(C)(C)C3=O)ccn12. The summed E-state index contributed by atoms with van der Waals surface area (Å²) in [5.74, 6) is 0.345. The molecule has 23 heavy (non-hydrogen) atoms. The van der Waals surface area contributed by atoms with Crippen molar-refractivity contribution >= 4 is 17.7 Å². The third-order valence-electron chi connectivity index (χ3n) is 4.02. The fraction of sp³-hybridized carbons (Fsp3) is 0.467. The number of fused-ring (bicyclic) bond motifs is 1. The third-order valence-corrected chi connectivity index (χ3v) is 4.02. The maximum absolute atomic E-state index is 12.1. The maximum Gasteiger partial charge on any atom is 0.325 e. The van der Waals surface area contributed by atoms with Crippen molar-refractivity contribution in [3.8, 4) is 0 Å². The Morgan fingerprint density at radius 3 is 2.57 bits per heavy atom. The van der Waals surface area contributed by atoms with Crippen molar-refractivity contribution in [1.29, 1.82) is 0 Å². The van der Waals surface area contributed by atoms with Gasteiger partial charge in [0.15, 0.2) is 0 Å². The molecule has 0 bridgehead atoms. The molecule has 0 aliphatic carbocycles. The standard InChI is InChI=1S/C15H19N5O3/c1-10-9-11(21)16-13-18(7-8-19(10)13)5-4-6-20-12(22)15(2,3)17-14(20)23/h7-9H,4-6H2,1-3H3,(H,17,23). The summed E-state index contributed by atoms with van der Waals surface area (Å²) < 4.78 is 3.68. The van der Waals surface area contributed by atoms with Crippen LogP contribution in [0.2, 0.25) is 0 Å². The molecule has 1 saturated heterocycles.